The van der Waals surface area contributed by atoms with Gasteiger partial charge in [0.15, 0.2) is 5.69 Å². The fraction of sp³-hybridized carbons (Fsp3) is 0.348. The van der Waals surface area contributed by atoms with Crippen molar-refractivity contribution >= 4 is 5.91 Å². The Labute approximate surface area is 171 Å². The number of benzene rings is 2. The van der Waals surface area contributed by atoms with E-state index in [4.69, 9.17) is 5.73 Å². The van der Waals surface area contributed by atoms with Gasteiger partial charge < -0.3 is 10.6 Å². The summed E-state index contributed by atoms with van der Waals surface area (Å²) in [4.78, 5) is 14.9. The molecule has 0 unspecified atom stereocenters. The number of aromatic nitrogens is 3. The van der Waals surface area contributed by atoms with Gasteiger partial charge in [-0.15, -0.1) is 5.10 Å². The molecular weight excluding hydrogens is 362 g/mol. The van der Waals surface area contributed by atoms with Crippen molar-refractivity contribution in [2.75, 3.05) is 13.1 Å². The van der Waals surface area contributed by atoms with Crippen LogP contribution in [0.2, 0.25) is 0 Å². The summed E-state index contributed by atoms with van der Waals surface area (Å²) in [5.74, 6) is 0.286. The molecule has 0 radical (unpaired) electrons. The molecule has 1 saturated heterocycles. The van der Waals surface area contributed by atoms with Gasteiger partial charge in [-0.3, -0.25) is 4.79 Å². The van der Waals surface area contributed by atoms with Gasteiger partial charge in [0.25, 0.3) is 5.91 Å². The lowest BCUT2D eigenvalue weighted by Gasteiger charge is -2.34. The molecule has 2 N–H and O–H groups in total. The summed E-state index contributed by atoms with van der Waals surface area (Å²) in [6, 6.07) is 18.5. The zero-order chi connectivity index (χ0) is 20.4. The minimum absolute atomic E-state index is 0.0556. The van der Waals surface area contributed by atoms with Crippen LogP contribution in [0.1, 0.15) is 35.9 Å². The number of hydrogen-bond donors (Lipinski definition) is 1. The molecule has 150 valence electrons. The van der Waals surface area contributed by atoms with Crippen LogP contribution in [0.4, 0.5) is 0 Å². The van der Waals surface area contributed by atoms with Crippen molar-refractivity contribution in [1.29, 1.82) is 0 Å². The summed E-state index contributed by atoms with van der Waals surface area (Å²) < 4.78 is 1.73. The number of piperidine rings is 1. The second kappa shape index (κ2) is 8.17. The molecule has 0 saturated carbocycles. The maximum Gasteiger partial charge on any atom is 0.276 e. The van der Waals surface area contributed by atoms with Crippen LogP contribution in [-0.2, 0) is 0 Å². The van der Waals surface area contributed by atoms with Gasteiger partial charge in [0.05, 0.1) is 11.4 Å². The van der Waals surface area contributed by atoms with E-state index in [1.54, 1.807) is 4.68 Å². The van der Waals surface area contributed by atoms with Gasteiger partial charge in [0.2, 0.25) is 0 Å². The Morgan fingerprint density at radius 3 is 2.48 bits per heavy atom. The molecule has 29 heavy (non-hydrogen) atoms. The Bertz CT molecular complexity index is 978. The highest BCUT2D eigenvalue weighted by Gasteiger charge is 2.29. The molecule has 0 aliphatic carbocycles. The maximum absolute atomic E-state index is 13.0. The molecule has 6 nitrogen and oxygen atoms in total. The van der Waals surface area contributed by atoms with Crippen molar-refractivity contribution in [2.45, 2.75) is 32.7 Å². The summed E-state index contributed by atoms with van der Waals surface area (Å²) >= 11 is 0. The average Bonchev–Trinajstić information content (AvgIpc) is 3.15. The van der Waals surface area contributed by atoms with Crippen molar-refractivity contribution < 1.29 is 4.79 Å². The largest absolute Gasteiger partial charge is 0.337 e. The van der Waals surface area contributed by atoms with Crippen molar-refractivity contribution in [3.8, 4) is 16.8 Å². The van der Waals surface area contributed by atoms with E-state index in [1.165, 1.54) is 5.56 Å². The molecule has 1 amide bonds. The third-order valence-electron chi connectivity index (χ3n) is 5.80. The first kappa shape index (κ1) is 19.3. The Hall–Kier alpha value is -2.99. The minimum Gasteiger partial charge on any atom is -0.337 e. The predicted molar refractivity (Wildman–Crippen MR) is 114 cm³/mol. The first-order chi connectivity index (χ1) is 14.0. The zero-order valence-electron chi connectivity index (χ0n) is 17.0. The number of likely N-dealkylation sites (tertiary alicyclic amines) is 1. The number of hydrogen-bond acceptors (Lipinski definition) is 4. The van der Waals surface area contributed by atoms with E-state index >= 15 is 0 Å². The van der Waals surface area contributed by atoms with Crippen LogP contribution in [0.25, 0.3) is 16.8 Å². The number of rotatable bonds is 4. The van der Waals surface area contributed by atoms with Gasteiger partial charge in [-0.05, 0) is 55.9 Å². The van der Waals surface area contributed by atoms with Gasteiger partial charge in [-0.2, -0.15) is 0 Å². The lowest BCUT2D eigenvalue weighted by molar-refractivity contribution is 0.0654. The number of carbonyl (C=O) groups is 1. The smallest absolute Gasteiger partial charge is 0.276 e. The van der Waals surface area contributed by atoms with Crippen LogP contribution in [0.3, 0.4) is 0 Å². The van der Waals surface area contributed by atoms with E-state index in [-0.39, 0.29) is 11.9 Å². The summed E-state index contributed by atoms with van der Waals surface area (Å²) in [5, 5.41) is 8.46. The molecule has 0 spiro atoms. The molecule has 6 heteroatoms. The summed E-state index contributed by atoms with van der Waals surface area (Å²) in [6.45, 7) is 5.35. The topological polar surface area (TPSA) is 77.0 Å². The number of carbonyl (C=O) groups excluding carboxylic acids is 1. The van der Waals surface area contributed by atoms with Crippen LogP contribution in [0.5, 0.6) is 0 Å². The standard InChI is InChI=1S/C23H27N5O/c1-16(24)20-9-6-14-27(15-20)23(29)22-17(2)28(26-25-22)21-12-10-19(11-13-21)18-7-4-3-5-8-18/h3-5,7-8,10-13,16,20H,6,9,14-15,24H2,1-2H3/t16-,20+/m1/s1. The third-order valence-corrected chi connectivity index (χ3v) is 5.80. The highest BCUT2D eigenvalue weighted by atomic mass is 16.2. The zero-order valence-corrected chi connectivity index (χ0v) is 17.0. The SMILES string of the molecule is Cc1c(C(=O)N2CCC[C@H]([C@@H](C)N)C2)nnn1-c1ccc(-c2ccccc2)cc1. The quantitative estimate of drug-likeness (QED) is 0.741. The van der Waals surface area contributed by atoms with Gasteiger partial charge >= 0.3 is 0 Å². The summed E-state index contributed by atoms with van der Waals surface area (Å²) in [7, 11) is 0. The van der Waals surface area contributed by atoms with Crippen LogP contribution in [-0.4, -0.2) is 44.9 Å². The van der Waals surface area contributed by atoms with E-state index in [2.05, 4.69) is 34.6 Å². The van der Waals surface area contributed by atoms with Crippen LogP contribution in [0, 0.1) is 12.8 Å². The fourth-order valence-corrected chi connectivity index (χ4v) is 3.97. The fourth-order valence-electron chi connectivity index (χ4n) is 3.97. The molecule has 1 aromatic heterocycles. The lowest BCUT2D eigenvalue weighted by atomic mass is 9.92. The van der Waals surface area contributed by atoms with E-state index in [0.29, 0.717) is 18.2 Å². The average molecular weight is 390 g/mol. The third kappa shape index (κ3) is 3.93. The molecule has 1 aliphatic heterocycles. The van der Waals surface area contributed by atoms with Gasteiger partial charge in [-0.1, -0.05) is 47.7 Å². The Morgan fingerprint density at radius 2 is 1.79 bits per heavy atom. The molecule has 2 aromatic carbocycles. The Balaban J connectivity index is 1.55. The summed E-state index contributed by atoms with van der Waals surface area (Å²) in [5.41, 5.74) is 10.4. The van der Waals surface area contributed by atoms with Crippen molar-refractivity contribution in [2.24, 2.45) is 11.7 Å². The molecule has 1 aliphatic rings. The van der Waals surface area contributed by atoms with E-state index in [0.717, 1.165) is 36.3 Å². The highest BCUT2D eigenvalue weighted by Crippen LogP contribution is 2.23. The van der Waals surface area contributed by atoms with Gasteiger partial charge in [0, 0.05) is 19.1 Å². The van der Waals surface area contributed by atoms with E-state index in [9.17, 15) is 4.79 Å². The van der Waals surface area contributed by atoms with Crippen LogP contribution in [0.15, 0.2) is 54.6 Å². The predicted octanol–water partition coefficient (Wildman–Crippen LogP) is 3.44. The van der Waals surface area contributed by atoms with Crippen LogP contribution >= 0.6 is 0 Å². The van der Waals surface area contributed by atoms with E-state index < -0.39 is 0 Å². The molecule has 1 fully saturated rings. The monoisotopic (exact) mass is 389 g/mol. The number of nitrogens with zero attached hydrogens (tertiary/aromatic N) is 4. The van der Waals surface area contributed by atoms with Crippen LogP contribution < -0.4 is 5.73 Å². The number of amides is 1. The van der Waals surface area contributed by atoms with Crippen molar-refractivity contribution in [3.63, 3.8) is 0 Å². The van der Waals surface area contributed by atoms with Crippen molar-refractivity contribution in [3.05, 3.63) is 66.0 Å². The summed E-state index contributed by atoms with van der Waals surface area (Å²) in [6.07, 6.45) is 2.05. The maximum atomic E-state index is 13.0. The highest BCUT2D eigenvalue weighted by molar-refractivity contribution is 5.93. The first-order valence-corrected chi connectivity index (χ1v) is 10.2. The Kier molecular flexibility index (Phi) is 5.45. The van der Waals surface area contributed by atoms with E-state index in [1.807, 2.05) is 49.1 Å². The second-order valence-corrected chi connectivity index (χ2v) is 7.86. The first-order valence-electron chi connectivity index (χ1n) is 10.2. The lowest BCUT2D eigenvalue weighted by Crippen LogP contribution is -2.45. The Morgan fingerprint density at radius 1 is 1.10 bits per heavy atom. The van der Waals surface area contributed by atoms with Gasteiger partial charge in [0.1, 0.15) is 0 Å². The molecule has 3 aromatic rings. The molecule has 2 heterocycles. The molecular formula is C23H27N5O. The second-order valence-electron chi connectivity index (χ2n) is 7.86. The molecule has 0 bridgehead atoms. The minimum atomic E-state index is -0.0556. The normalized spacial score (nSPS) is 17.9. The number of nitrogens with two attached hydrogens (primary N) is 1. The van der Waals surface area contributed by atoms with Gasteiger partial charge in [-0.25, -0.2) is 4.68 Å². The molecule has 4 rings (SSSR count). The molecule has 2 atom stereocenters. The van der Waals surface area contributed by atoms with Crippen molar-refractivity contribution in [1.82, 2.24) is 19.9 Å².